The Hall–Kier alpha value is -0.770. The minimum absolute atomic E-state index is 0. The van der Waals surface area contributed by atoms with E-state index in [2.05, 4.69) is 37.1 Å². The minimum Gasteiger partial charge on any atom is -0.492 e. The molecule has 2 aliphatic heterocycles. The third kappa shape index (κ3) is 2.54. The molecule has 0 aromatic heterocycles. The van der Waals surface area contributed by atoms with Crippen LogP contribution >= 0.6 is 12.4 Å². The first-order valence-corrected chi connectivity index (χ1v) is 7.23. The third-order valence-electron chi connectivity index (χ3n) is 4.71. The van der Waals surface area contributed by atoms with Gasteiger partial charge in [-0.15, -0.1) is 12.4 Å². The molecule has 1 fully saturated rings. The van der Waals surface area contributed by atoms with Gasteiger partial charge in [0, 0.05) is 25.1 Å². The first-order chi connectivity index (χ1) is 9.24. The summed E-state index contributed by atoms with van der Waals surface area (Å²) in [6, 6.07) is 7.12. The lowest BCUT2D eigenvalue weighted by Crippen LogP contribution is -2.53. The average molecular weight is 298 g/mol. The monoisotopic (exact) mass is 297 g/mol. The zero-order chi connectivity index (χ0) is 13.4. The molecule has 20 heavy (non-hydrogen) atoms. The van der Waals surface area contributed by atoms with Gasteiger partial charge in [0.25, 0.3) is 0 Å². The van der Waals surface area contributed by atoms with Gasteiger partial charge in [-0.05, 0) is 31.5 Å². The molecule has 0 N–H and O–H groups in total. The quantitative estimate of drug-likeness (QED) is 0.838. The molecule has 3 rings (SSSR count). The lowest BCUT2D eigenvalue weighted by atomic mass is 9.79. The highest BCUT2D eigenvalue weighted by Crippen LogP contribution is 2.42. The topological polar surface area (TPSA) is 21.7 Å². The summed E-state index contributed by atoms with van der Waals surface area (Å²) in [6.07, 6.45) is 2.47. The number of rotatable bonds is 2. The molecular weight excluding hydrogens is 274 g/mol. The average Bonchev–Trinajstić information content (AvgIpc) is 2.46. The summed E-state index contributed by atoms with van der Waals surface area (Å²) < 4.78 is 11.7. The van der Waals surface area contributed by atoms with Gasteiger partial charge in [0.1, 0.15) is 12.4 Å². The van der Waals surface area contributed by atoms with Crippen LogP contribution in [0.2, 0.25) is 0 Å². The van der Waals surface area contributed by atoms with Gasteiger partial charge in [-0.1, -0.05) is 19.1 Å². The Morgan fingerprint density at radius 3 is 2.90 bits per heavy atom. The lowest BCUT2D eigenvalue weighted by molar-refractivity contribution is -0.0230. The summed E-state index contributed by atoms with van der Waals surface area (Å²) in [4.78, 5) is 2.41. The maximum Gasteiger partial charge on any atom is 0.123 e. The number of piperidine rings is 1. The molecule has 0 aliphatic carbocycles. The Morgan fingerprint density at radius 2 is 2.20 bits per heavy atom. The Labute approximate surface area is 127 Å². The molecule has 0 amide bonds. The minimum atomic E-state index is 0. The van der Waals surface area contributed by atoms with Crippen molar-refractivity contribution in [3.8, 4) is 5.75 Å². The SMILES string of the molecule is CCc1ccc2c(c1)OC[C@H]1[C@H]2C(OC)CCN1C.Cl. The molecule has 3 atom stereocenters. The van der Waals surface area contributed by atoms with Crippen molar-refractivity contribution >= 4 is 12.4 Å². The Bertz CT molecular complexity index is 466. The van der Waals surface area contributed by atoms with E-state index in [1.807, 2.05) is 7.11 Å². The van der Waals surface area contributed by atoms with Crippen molar-refractivity contribution in [3.63, 3.8) is 0 Å². The summed E-state index contributed by atoms with van der Waals surface area (Å²) in [5, 5.41) is 0. The van der Waals surface area contributed by atoms with E-state index in [9.17, 15) is 0 Å². The number of hydrogen-bond acceptors (Lipinski definition) is 3. The van der Waals surface area contributed by atoms with Crippen molar-refractivity contribution in [2.75, 3.05) is 27.3 Å². The van der Waals surface area contributed by atoms with Crippen LogP contribution in [0.5, 0.6) is 5.75 Å². The molecule has 1 aromatic rings. The van der Waals surface area contributed by atoms with Crippen LogP contribution in [0.3, 0.4) is 0 Å². The van der Waals surface area contributed by atoms with Gasteiger partial charge < -0.3 is 9.47 Å². The largest absolute Gasteiger partial charge is 0.492 e. The standard InChI is InChI=1S/C16H23NO2.ClH/c1-4-11-5-6-12-15(9-11)19-10-13-16(12)14(18-3)7-8-17(13)2;/h5-6,9,13-14,16H,4,7-8,10H2,1-3H3;1H/t13-,14?,16-;/m0./s1. The number of nitrogens with zero attached hydrogens (tertiary/aromatic N) is 1. The molecule has 1 saturated heterocycles. The number of methoxy groups -OCH3 is 1. The second-order valence-corrected chi connectivity index (χ2v) is 5.67. The van der Waals surface area contributed by atoms with Gasteiger partial charge in [0.05, 0.1) is 12.1 Å². The van der Waals surface area contributed by atoms with Crippen LogP contribution in [0.4, 0.5) is 0 Å². The fourth-order valence-corrected chi connectivity index (χ4v) is 3.48. The number of aryl methyl sites for hydroxylation is 1. The molecule has 3 nitrogen and oxygen atoms in total. The van der Waals surface area contributed by atoms with E-state index < -0.39 is 0 Å². The summed E-state index contributed by atoms with van der Waals surface area (Å²) in [5.41, 5.74) is 2.67. The number of fused-ring (bicyclic) bond motifs is 3. The summed E-state index contributed by atoms with van der Waals surface area (Å²) in [7, 11) is 4.03. The predicted molar refractivity (Wildman–Crippen MR) is 83.1 cm³/mol. The van der Waals surface area contributed by atoms with Crippen molar-refractivity contribution in [2.24, 2.45) is 0 Å². The molecule has 0 saturated carbocycles. The van der Waals surface area contributed by atoms with Crippen LogP contribution in [-0.4, -0.2) is 44.4 Å². The van der Waals surface area contributed by atoms with Crippen molar-refractivity contribution in [2.45, 2.75) is 37.8 Å². The normalized spacial score (nSPS) is 28.9. The maximum atomic E-state index is 6.00. The third-order valence-corrected chi connectivity index (χ3v) is 4.71. The lowest BCUT2D eigenvalue weighted by Gasteiger charge is -2.46. The molecule has 4 heteroatoms. The second kappa shape index (κ2) is 6.33. The number of hydrogen-bond donors (Lipinski definition) is 0. The molecule has 0 bridgehead atoms. The highest BCUT2D eigenvalue weighted by molar-refractivity contribution is 5.85. The van der Waals surface area contributed by atoms with Crippen LogP contribution in [0.15, 0.2) is 18.2 Å². The van der Waals surface area contributed by atoms with Crippen molar-refractivity contribution in [1.29, 1.82) is 0 Å². The van der Waals surface area contributed by atoms with Crippen molar-refractivity contribution < 1.29 is 9.47 Å². The van der Waals surface area contributed by atoms with Gasteiger partial charge in [-0.2, -0.15) is 0 Å². The van der Waals surface area contributed by atoms with Crippen LogP contribution in [-0.2, 0) is 11.2 Å². The summed E-state index contributed by atoms with van der Waals surface area (Å²) >= 11 is 0. The highest BCUT2D eigenvalue weighted by Gasteiger charge is 2.42. The van der Waals surface area contributed by atoms with Crippen molar-refractivity contribution in [3.05, 3.63) is 29.3 Å². The van der Waals surface area contributed by atoms with Gasteiger partial charge in [0.15, 0.2) is 0 Å². The zero-order valence-electron chi connectivity index (χ0n) is 12.5. The predicted octanol–water partition coefficient (Wildman–Crippen LogP) is 2.87. The fourth-order valence-electron chi connectivity index (χ4n) is 3.48. The van der Waals surface area contributed by atoms with Crippen molar-refractivity contribution in [1.82, 2.24) is 4.90 Å². The number of benzene rings is 1. The summed E-state index contributed by atoms with van der Waals surface area (Å²) in [6.45, 7) is 4.05. The number of halogens is 1. The first-order valence-electron chi connectivity index (χ1n) is 7.23. The number of likely N-dealkylation sites (tertiary alicyclic amines) is 1. The summed E-state index contributed by atoms with van der Waals surface area (Å²) in [5.74, 6) is 1.51. The highest BCUT2D eigenvalue weighted by atomic mass is 35.5. The molecule has 112 valence electrons. The van der Waals surface area contributed by atoms with E-state index in [4.69, 9.17) is 9.47 Å². The molecule has 2 aliphatic rings. The molecule has 2 heterocycles. The number of likely N-dealkylation sites (N-methyl/N-ethyl adjacent to an activating group) is 1. The van der Waals surface area contributed by atoms with E-state index in [1.54, 1.807) is 0 Å². The molecule has 0 spiro atoms. The van der Waals surface area contributed by atoms with E-state index in [-0.39, 0.29) is 12.4 Å². The molecule has 1 unspecified atom stereocenters. The van der Waals surface area contributed by atoms with Crippen LogP contribution in [0, 0.1) is 0 Å². The van der Waals surface area contributed by atoms with E-state index in [1.165, 1.54) is 11.1 Å². The Balaban J connectivity index is 0.00000147. The second-order valence-electron chi connectivity index (χ2n) is 5.67. The van der Waals surface area contributed by atoms with E-state index >= 15 is 0 Å². The zero-order valence-corrected chi connectivity index (χ0v) is 13.3. The fraction of sp³-hybridized carbons (Fsp3) is 0.625. The van der Waals surface area contributed by atoms with Gasteiger partial charge >= 0.3 is 0 Å². The Kier molecular flexibility index (Phi) is 4.95. The number of ether oxygens (including phenoxy) is 2. The molecule has 0 radical (unpaired) electrons. The Morgan fingerprint density at radius 1 is 1.40 bits per heavy atom. The van der Waals surface area contributed by atoms with Gasteiger partial charge in [-0.3, -0.25) is 4.90 Å². The van der Waals surface area contributed by atoms with Crippen LogP contribution < -0.4 is 4.74 Å². The van der Waals surface area contributed by atoms with Crippen LogP contribution in [0.25, 0.3) is 0 Å². The van der Waals surface area contributed by atoms with Gasteiger partial charge in [0.2, 0.25) is 0 Å². The molecular formula is C16H24ClNO2. The molecule has 1 aromatic carbocycles. The van der Waals surface area contributed by atoms with Gasteiger partial charge in [-0.25, -0.2) is 0 Å². The first kappa shape index (κ1) is 15.6. The maximum absolute atomic E-state index is 6.00. The smallest absolute Gasteiger partial charge is 0.123 e. The van der Waals surface area contributed by atoms with Crippen LogP contribution in [0.1, 0.15) is 30.4 Å². The van der Waals surface area contributed by atoms with E-state index in [0.29, 0.717) is 18.1 Å². The van der Waals surface area contributed by atoms with E-state index in [0.717, 1.165) is 31.7 Å².